The Kier molecular flexibility index (Phi) is 2.82. The van der Waals surface area contributed by atoms with Crippen molar-refractivity contribution >= 4 is 7.80 Å². The zero-order valence-electron chi connectivity index (χ0n) is 6.93. The molecule has 0 spiro atoms. The second kappa shape index (κ2) is 2.79. The fourth-order valence-corrected chi connectivity index (χ4v) is 2.32. The van der Waals surface area contributed by atoms with Crippen molar-refractivity contribution in [2.75, 3.05) is 0 Å². The smallest absolute Gasteiger partial charge is 0.0739 e. The maximum absolute atomic E-state index is 11.3. The van der Waals surface area contributed by atoms with Crippen molar-refractivity contribution in [1.29, 1.82) is 0 Å². The van der Waals surface area contributed by atoms with Crippen molar-refractivity contribution in [3.8, 4) is 0 Å². The lowest BCUT2D eigenvalue weighted by atomic mass is 10.3. The number of hydrogen-bond acceptors (Lipinski definition) is 1. The first-order valence-electron chi connectivity index (χ1n) is 3.32. The Labute approximate surface area is 58.6 Å². The third kappa shape index (κ3) is 2.95. The van der Waals surface area contributed by atoms with E-state index >= 15 is 0 Å². The second-order valence-corrected chi connectivity index (χ2v) is 6.62. The van der Waals surface area contributed by atoms with Crippen LogP contribution in [0.5, 0.6) is 0 Å². The first-order chi connectivity index (χ1) is 3.85. The van der Waals surface area contributed by atoms with E-state index in [9.17, 15) is 4.57 Å². The van der Waals surface area contributed by atoms with Crippen LogP contribution in [0.4, 0.5) is 0 Å². The van der Waals surface area contributed by atoms with Crippen LogP contribution in [0.3, 0.4) is 0 Å². The highest BCUT2D eigenvalue weighted by Gasteiger charge is 2.36. The average molecular weight is 147 g/mol. The van der Waals surface area contributed by atoms with Gasteiger partial charge in [0.05, 0.1) is 0 Å². The second-order valence-electron chi connectivity index (χ2n) is 3.59. The molecular formula is C7H16OP+. The number of rotatable bonds is 1. The molecular weight excluding hydrogens is 131 g/mol. The first kappa shape index (κ1) is 9.10. The topological polar surface area (TPSA) is 17.1 Å². The molecule has 2 heteroatoms. The van der Waals surface area contributed by atoms with Gasteiger partial charge >= 0.3 is 7.80 Å². The van der Waals surface area contributed by atoms with Gasteiger partial charge < -0.3 is 0 Å². The molecule has 0 heterocycles. The first-order valence-corrected chi connectivity index (χ1v) is 4.65. The Morgan fingerprint density at radius 3 is 1.56 bits per heavy atom. The summed E-state index contributed by atoms with van der Waals surface area (Å²) < 4.78 is 11.3. The normalized spacial score (nSPS) is 14.2. The predicted octanol–water partition coefficient (Wildman–Crippen LogP) is 3.02. The van der Waals surface area contributed by atoms with Crippen molar-refractivity contribution in [1.82, 2.24) is 0 Å². The van der Waals surface area contributed by atoms with Gasteiger partial charge in [0.25, 0.3) is 0 Å². The van der Waals surface area contributed by atoms with Gasteiger partial charge in [0.15, 0.2) is 10.8 Å². The Morgan fingerprint density at radius 2 is 1.56 bits per heavy atom. The average Bonchev–Trinajstić information content (AvgIpc) is 1.62. The molecule has 0 aliphatic heterocycles. The molecule has 0 rings (SSSR count). The molecule has 0 aliphatic carbocycles. The minimum absolute atomic E-state index is 0.0104. The SMILES string of the molecule is CC(C)[P+](=O)C(C)(C)C. The molecule has 0 saturated carbocycles. The summed E-state index contributed by atoms with van der Waals surface area (Å²) in [5.41, 5.74) is 0.319. The van der Waals surface area contributed by atoms with E-state index in [2.05, 4.69) is 0 Å². The fourth-order valence-electron chi connectivity index (χ4n) is 0.775. The molecule has 1 atom stereocenters. The van der Waals surface area contributed by atoms with Crippen molar-refractivity contribution in [3.05, 3.63) is 0 Å². The minimum atomic E-state index is -1.03. The van der Waals surface area contributed by atoms with Crippen LogP contribution in [0.2, 0.25) is 0 Å². The van der Waals surface area contributed by atoms with Gasteiger partial charge in [-0.25, -0.2) is 0 Å². The molecule has 0 fully saturated rings. The van der Waals surface area contributed by atoms with Crippen LogP contribution in [-0.4, -0.2) is 10.8 Å². The summed E-state index contributed by atoms with van der Waals surface area (Å²) in [6.07, 6.45) is 0. The van der Waals surface area contributed by atoms with Gasteiger partial charge in [0.2, 0.25) is 0 Å². The van der Waals surface area contributed by atoms with Crippen LogP contribution in [-0.2, 0) is 4.57 Å². The van der Waals surface area contributed by atoms with Crippen LogP contribution in [0.25, 0.3) is 0 Å². The van der Waals surface area contributed by atoms with Gasteiger partial charge in [0, 0.05) is 0 Å². The molecule has 0 amide bonds. The molecule has 1 nitrogen and oxygen atoms in total. The predicted molar refractivity (Wildman–Crippen MR) is 42.5 cm³/mol. The Morgan fingerprint density at radius 1 is 1.22 bits per heavy atom. The lowest BCUT2D eigenvalue weighted by molar-refractivity contribution is 0.558. The van der Waals surface area contributed by atoms with E-state index in [0.717, 1.165) is 0 Å². The van der Waals surface area contributed by atoms with Gasteiger partial charge in [-0.05, 0) is 34.6 Å². The third-order valence-electron chi connectivity index (χ3n) is 1.13. The van der Waals surface area contributed by atoms with Crippen LogP contribution in [0, 0.1) is 0 Å². The summed E-state index contributed by atoms with van der Waals surface area (Å²) in [6.45, 7) is 10.1. The van der Waals surface area contributed by atoms with E-state index in [0.29, 0.717) is 5.66 Å². The van der Waals surface area contributed by atoms with E-state index in [1.807, 2.05) is 34.6 Å². The molecule has 0 saturated heterocycles. The van der Waals surface area contributed by atoms with Crippen LogP contribution in [0.1, 0.15) is 34.6 Å². The highest BCUT2D eigenvalue weighted by atomic mass is 31.1. The van der Waals surface area contributed by atoms with Gasteiger partial charge in [-0.1, -0.05) is 4.57 Å². The Hall–Kier alpha value is 0.100. The summed E-state index contributed by atoms with van der Waals surface area (Å²) >= 11 is 0. The van der Waals surface area contributed by atoms with Crippen molar-refractivity contribution in [2.24, 2.45) is 0 Å². The highest BCUT2D eigenvalue weighted by Crippen LogP contribution is 2.41. The molecule has 1 unspecified atom stereocenters. The van der Waals surface area contributed by atoms with Crippen LogP contribution >= 0.6 is 7.80 Å². The summed E-state index contributed by atoms with van der Waals surface area (Å²) in [6, 6.07) is 0. The van der Waals surface area contributed by atoms with E-state index in [4.69, 9.17) is 0 Å². The van der Waals surface area contributed by atoms with E-state index in [1.54, 1.807) is 0 Å². The van der Waals surface area contributed by atoms with Gasteiger partial charge in [-0.3, -0.25) is 0 Å². The lowest BCUT2D eigenvalue weighted by Crippen LogP contribution is -2.11. The molecule has 0 aliphatic rings. The Bertz CT molecular complexity index is 111. The molecule has 0 bridgehead atoms. The minimum Gasteiger partial charge on any atom is -0.0739 e. The molecule has 0 aromatic carbocycles. The highest BCUT2D eigenvalue weighted by molar-refractivity contribution is 7.47. The molecule has 54 valence electrons. The third-order valence-corrected chi connectivity index (χ3v) is 3.39. The van der Waals surface area contributed by atoms with Crippen LogP contribution < -0.4 is 0 Å². The molecule has 0 N–H and O–H groups in total. The summed E-state index contributed by atoms with van der Waals surface area (Å²) in [4.78, 5) is 0. The van der Waals surface area contributed by atoms with E-state index in [1.165, 1.54) is 0 Å². The summed E-state index contributed by atoms with van der Waals surface area (Å²) in [5.74, 6) is 0. The van der Waals surface area contributed by atoms with Gasteiger partial charge in [-0.2, -0.15) is 0 Å². The molecule has 0 radical (unpaired) electrons. The van der Waals surface area contributed by atoms with Crippen molar-refractivity contribution < 1.29 is 4.57 Å². The zero-order valence-corrected chi connectivity index (χ0v) is 7.83. The monoisotopic (exact) mass is 147 g/mol. The van der Waals surface area contributed by atoms with Gasteiger partial charge in [0.1, 0.15) is 0 Å². The van der Waals surface area contributed by atoms with Gasteiger partial charge in [-0.15, -0.1) is 0 Å². The summed E-state index contributed by atoms with van der Waals surface area (Å²) in [7, 11) is -1.03. The van der Waals surface area contributed by atoms with Crippen molar-refractivity contribution in [3.63, 3.8) is 0 Å². The maximum Gasteiger partial charge on any atom is 0.346 e. The fraction of sp³-hybridized carbons (Fsp3) is 1.00. The van der Waals surface area contributed by atoms with E-state index in [-0.39, 0.29) is 5.16 Å². The maximum atomic E-state index is 11.3. The zero-order chi connectivity index (χ0) is 7.65. The summed E-state index contributed by atoms with van der Waals surface area (Å²) in [5, 5.41) is -0.0104. The molecule has 0 aromatic rings. The lowest BCUT2D eigenvalue weighted by Gasteiger charge is -2.06. The standard InChI is InChI=1S/C7H16OP/c1-6(2)9(8)7(3,4)5/h6H,1-5H3/q+1. The molecule has 0 aromatic heterocycles. The molecule has 9 heavy (non-hydrogen) atoms. The quantitative estimate of drug-likeness (QED) is 0.521. The van der Waals surface area contributed by atoms with Crippen LogP contribution in [0.15, 0.2) is 0 Å². The number of hydrogen-bond donors (Lipinski definition) is 0. The van der Waals surface area contributed by atoms with E-state index < -0.39 is 7.80 Å². The Balaban J connectivity index is 4.06. The van der Waals surface area contributed by atoms with Crippen molar-refractivity contribution in [2.45, 2.75) is 45.4 Å². The largest absolute Gasteiger partial charge is 0.346 e.